The third-order valence-electron chi connectivity index (χ3n) is 7.42. The molecule has 8 aromatic rings. The summed E-state index contributed by atoms with van der Waals surface area (Å²) < 4.78 is 6.18. The van der Waals surface area contributed by atoms with E-state index in [2.05, 4.69) is 142 Å². The van der Waals surface area contributed by atoms with Crippen LogP contribution in [0.25, 0.3) is 69.6 Å². The molecule has 0 amide bonds. The molecule has 0 N–H and O–H groups in total. The fourth-order valence-electron chi connectivity index (χ4n) is 5.76. The first-order valence-corrected chi connectivity index (χ1v) is 14.0. The number of hydrogen-bond acceptors (Lipinski definition) is 1. The Kier molecular flexibility index (Phi) is 4.61. The average molecular weight is 555 g/mol. The minimum Gasteiger partial charge on any atom is -0.309 e. The van der Waals surface area contributed by atoms with Gasteiger partial charge in [-0.05, 0) is 82.6 Å². The Morgan fingerprint density at radius 1 is 0.514 bits per heavy atom. The van der Waals surface area contributed by atoms with Gasteiger partial charge in [-0.1, -0.05) is 76.6 Å². The first-order chi connectivity index (χ1) is 18.2. The van der Waals surface area contributed by atoms with Crippen LogP contribution in [0.5, 0.6) is 0 Å². The lowest BCUT2D eigenvalue weighted by molar-refractivity contribution is 1.18. The van der Waals surface area contributed by atoms with Gasteiger partial charge in [0, 0.05) is 41.1 Å². The molecule has 0 aliphatic carbocycles. The van der Waals surface area contributed by atoms with Crippen LogP contribution in [0.1, 0.15) is 0 Å². The van der Waals surface area contributed by atoms with E-state index in [1.165, 1.54) is 69.6 Å². The van der Waals surface area contributed by atoms with Crippen LogP contribution in [0.4, 0.5) is 0 Å². The van der Waals surface area contributed by atoms with E-state index in [4.69, 9.17) is 0 Å². The molecule has 0 aliphatic heterocycles. The van der Waals surface area contributed by atoms with Gasteiger partial charge in [-0.15, -0.1) is 11.3 Å². The Hall–Kier alpha value is -3.92. The maximum atomic E-state index is 3.65. The highest BCUT2D eigenvalue weighted by atomic mass is 79.9. The average Bonchev–Trinajstić information content (AvgIpc) is 3.47. The van der Waals surface area contributed by atoms with Gasteiger partial charge in [-0.2, -0.15) is 0 Å². The second-order valence-corrected chi connectivity index (χ2v) is 11.5. The van der Waals surface area contributed by atoms with Gasteiger partial charge >= 0.3 is 0 Å². The summed E-state index contributed by atoms with van der Waals surface area (Å²) in [6.07, 6.45) is 0. The molecule has 0 saturated heterocycles. The van der Waals surface area contributed by atoms with Crippen molar-refractivity contribution in [3.05, 3.63) is 126 Å². The molecule has 2 heterocycles. The second-order valence-electron chi connectivity index (χ2n) is 9.54. The van der Waals surface area contributed by atoms with Gasteiger partial charge < -0.3 is 4.57 Å². The molecule has 8 rings (SSSR count). The molecule has 2 aromatic heterocycles. The topological polar surface area (TPSA) is 4.93 Å². The fraction of sp³-hybridized carbons (Fsp3) is 0. The summed E-state index contributed by atoms with van der Waals surface area (Å²) in [6, 6.07) is 44.3. The van der Waals surface area contributed by atoms with Crippen LogP contribution in [0.2, 0.25) is 0 Å². The maximum absolute atomic E-state index is 3.65. The van der Waals surface area contributed by atoms with E-state index in [0.29, 0.717) is 0 Å². The standard InChI is InChI=1S/C34H20BrNS/c35-24-8-6-7-21(17-24)22-13-15-30-28(18-22)29-20-27-23(19-31(29)36(30)25-9-2-1-3-10-25)14-16-33-34(27)26-11-4-5-12-32(26)37-33/h1-20H. The molecule has 3 heteroatoms. The predicted molar refractivity (Wildman–Crippen MR) is 164 cm³/mol. The van der Waals surface area contributed by atoms with E-state index in [9.17, 15) is 0 Å². The Morgan fingerprint density at radius 3 is 2.22 bits per heavy atom. The van der Waals surface area contributed by atoms with Crippen molar-refractivity contribution >= 4 is 80.0 Å². The van der Waals surface area contributed by atoms with Gasteiger partial charge in [0.2, 0.25) is 0 Å². The molecule has 1 nitrogen and oxygen atoms in total. The molecule has 174 valence electrons. The van der Waals surface area contributed by atoms with Gasteiger partial charge in [-0.3, -0.25) is 0 Å². The lowest BCUT2D eigenvalue weighted by Gasteiger charge is -2.09. The zero-order valence-corrected chi connectivity index (χ0v) is 22.2. The Labute approximate surface area is 226 Å². The summed E-state index contributed by atoms with van der Waals surface area (Å²) in [5.41, 5.74) is 6.07. The molecule has 0 aliphatic rings. The number of thiophene rings is 1. The van der Waals surface area contributed by atoms with Gasteiger partial charge in [0.05, 0.1) is 11.0 Å². The van der Waals surface area contributed by atoms with Crippen LogP contribution in [-0.4, -0.2) is 4.57 Å². The summed E-state index contributed by atoms with van der Waals surface area (Å²) in [5, 5.41) is 7.86. The van der Waals surface area contributed by atoms with Crippen LogP contribution < -0.4 is 0 Å². The van der Waals surface area contributed by atoms with Crippen molar-refractivity contribution in [1.82, 2.24) is 4.57 Å². The van der Waals surface area contributed by atoms with E-state index in [-0.39, 0.29) is 0 Å². The summed E-state index contributed by atoms with van der Waals surface area (Å²) in [7, 11) is 0. The Morgan fingerprint density at radius 2 is 1.32 bits per heavy atom. The highest BCUT2D eigenvalue weighted by molar-refractivity contribution is 9.10. The number of para-hydroxylation sites is 1. The first-order valence-electron chi connectivity index (χ1n) is 12.4. The zero-order valence-electron chi connectivity index (χ0n) is 19.8. The second kappa shape index (κ2) is 8.04. The lowest BCUT2D eigenvalue weighted by Crippen LogP contribution is -1.93. The number of halogens is 1. The van der Waals surface area contributed by atoms with E-state index < -0.39 is 0 Å². The van der Waals surface area contributed by atoms with Crippen molar-refractivity contribution < 1.29 is 0 Å². The number of nitrogens with zero attached hydrogens (tertiary/aromatic N) is 1. The van der Waals surface area contributed by atoms with Gasteiger partial charge in [0.1, 0.15) is 0 Å². The van der Waals surface area contributed by atoms with Crippen molar-refractivity contribution in [3.63, 3.8) is 0 Å². The SMILES string of the molecule is Brc1cccc(-c2ccc3c(c2)c2cc4c(ccc5sc6ccccc6c54)cc2n3-c2ccccc2)c1. The predicted octanol–water partition coefficient (Wildman–Crippen LogP) is 10.7. The quantitative estimate of drug-likeness (QED) is 0.200. The number of hydrogen-bond donors (Lipinski definition) is 0. The zero-order chi connectivity index (χ0) is 24.5. The molecule has 0 radical (unpaired) electrons. The van der Waals surface area contributed by atoms with E-state index >= 15 is 0 Å². The lowest BCUT2D eigenvalue weighted by atomic mass is 9.99. The highest BCUT2D eigenvalue weighted by Gasteiger charge is 2.16. The molecule has 0 saturated carbocycles. The minimum atomic E-state index is 1.09. The summed E-state index contributed by atoms with van der Waals surface area (Å²) in [4.78, 5) is 0. The number of fused-ring (bicyclic) bond motifs is 8. The van der Waals surface area contributed by atoms with Crippen molar-refractivity contribution in [1.29, 1.82) is 0 Å². The van der Waals surface area contributed by atoms with Gasteiger partial charge in [0.25, 0.3) is 0 Å². The van der Waals surface area contributed by atoms with E-state index in [0.717, 1.165) is 4.47 Å². The third kappa shape index (κ3) is 3.21. The van der Waals surface area contributed by atoms with Crippen LogP contribution in [0, 0.1) is 0 Å². The molecule has 0 fully saturated rings. The number of rotatable bonds is 2. The van der Waals surface area contributed by atoms with Crippen molar-refractivity contribution in [2.75, 3.05) is 0 Å². The van der Waals surface area contributed by atoms with Crippen molar-refractivity contribution in [2.45, 2.75) is 0 Å². The molecule has 0 atom stereocenters. The Balaban J connectivity index is 1.53. The van der Waals surface area contributed by atoms with Crippen LogP contribution in [0.15, 0.2) is 126 Å². The van der Waals surface area contributed by atoms with Gasteiger partial charge in [-0.25, -0.2) is 0 Å². The molecule has 0 bridgehead atoms. The monoisotopic (exact) mass is 553 g/mol. The van der Waals surface area contributed by atoms with Crippen molar-refractivity contribution in [2.24, 2.45) is 0 Å². The summed E-state index contributed by atoms with van der Waals surface area (Å²) in [6.45, 7) is 0. The number of aromatic nitrogens is 1. The molecule has 37 heavy (non-hydrogen) atoms. The first kappa shape index (κ1) is 21.2. The van der Waals surface area contributed by atoms with E-state index in [1.54, 1.807) is 0 Å². The maximum Gasteiger partial charge on any atom is 0.0547 e. The normalized spacial score (nSPS) is 11.9. The third-order valence-corrected chi connectivity index (χ3v) is 9.04. The van der Waals surface area contributed by atoms with Crippen LogP contribution >= 0.6 is 27.3 Å². The van der Waals surface area contributed by atoms with E-state index in [1.807, 2.05) is 11.3 Å². The highest BCUT2D eigenvalue weighted by Crippen LogP contribution is 2.42. The smallest absolute Gasteiger partial charge is 0.0547 e. The van der Waals surface area contributed by atoms with Crippen LogP contribution in [-0.2, 0) is 0 Å². The van der Waals surface area contributed by atoms with Gasteiger partial charge in [0.15, 0.2) is 0 Å². The van der Waals surface area contributed by atoms with Crippen LogP contribution in [0.3, 0.4) is 0 Å². The Bertz CT molecular complexity index is 2150. The molecule has 0 unspecified atom stereocenters. The summed E-state index contributed by atoms with van der Waals surface area (Å²) >= 11 is 5.53. The molecule has 0 spiro atoms. The molecule has 6 aromatic carbocycles. The summed E-state index contributed by atoms with van der Waals surface area (Å²) in [5.74, 6) is 0. The molecular weight excluding hydrogens is 534 g/mol. The molecular formula is C34H20BrNS. The minimum absolute atomic E-state index is 1.09. The number of benzene rings is 6. The van der Waals surface area contributed by atoms with Crippen molar-refractivity contribution in [3.8, 4) is 16.8 Å². The largest absolute Gasteiger partial charge is 0.309 e. The fourth-order valence-corrected chi connectivity index (χ4v) is 7.28.